The molecule has 2 atom stereocenters. The van der Waals surface area contributed by atoms with Crippen molar-refractivity contribution in [2.45, 2.75) is 207 Å². The van der Waals surface area contributed by atoms with Crippen molar-refractivity contribution in [3.05, 3.63) is 48.6 Å². The molecular weight excluding hydrogens is 699 g/mol. The van der Waals surface area contributed by atoms with Crippen LogP contribution in [0.4, 0.5) is 0 Å². The lowest BCUT2D eigenvalue weighted by Gasteiger charge is -2.19. The van der Waals surface area contributed by atoms with Crippen molar-refractivity contribution in [1.82, 2.24) is 0 Å². The number of allylic oxidation sites excluding steroid dienone is 8. The maximum atomic E-state index is 12.6. The molecule has 54 heavy (non-hydrogen) atoms. The van der Waals surface area contributed by atoms with Crippen molar-refractivity contribution in [2.24, 2.45) is 0 Å². The van der Waals surface area contributed by atoms with E-state index in [0.717, 1.165) is 77.0 Å². The van der Waals surface area contributed by atoms with Crippen molar-refractivity contribution < 1.29 is 37.6 Å². The molecule has 9 heteroatoms. The lowest BCUT2D eigenvalue weighted by molar-refractivity contribution is -0.161. The summed E-state index contributed by atoms with van der Waals surface area (Å²) in [4.78, 5) is 34.8. The van der Waals surface area contributed by atoms with Crippen molar-refractivity contribution in [3.8, 4) is 0 Å². The molecule has 0 aromatic heterocycles. The number of phosphoric acid groups is 1. The van der Waals surface area contributed by atoms with Gasteiger partial charge >= 0.3 is 19.8 Å². The lowest BCUT2D eigenvalue weighted by Crippen LogP contribution is -2.29. The maximum absolute atomic E-state index is 12.6. The molecule has 2 unspecified atom stereocenters. The van der Waals surface area contributed by atoms with Crippen LogP contribution < -0.4 is 0 Å². The Morgan fingerprint density at radius 2 is 0.889 bits per heavy atom. The summed E-state index contributed by atoms with van der Waals surface area (Å²) < 4.78 is 32.6. The minimum Gasteiger partial charge on any atom is -0.462 e. The van der Waals surface area contributed by atoms with Gasteiger partial charge in [0.15, 0.2) is 6.10 Å². The van der Waals surface area contributed by atoms with Gasteiger partial charge in [-0.05, 0) is 84.0 Å². The molecule has 0 amide bonds. The van der Waals surface area contributed by atoms with Gasteiger partial charge in [-0.1, -0.05) is 152 Å². The molecule has 0 heterocycles. The highest BCUT2D eigenvalue weighted by atomic mass is 31.2. The Hall–Kier alpha value is -1.99. The molecule has 0 rings (SSSR count). The molecule has 0 fully saturated rings. The summed E-state index contributed by atoms with van der Waals surface area (Å²) in [5.74, 6) is -0.818. The van der Waals surface area contributed by atoms with Crippen LogP contribution in [0.25, 0.3) is 0 Å². The summed E-state index contributed by atoms with van der Waals surface area (Å²) >= 11 is 0. The molecule has 0 aliphatic rings. The quantitative estimate of drug-likeness (QED) is 0.0283. The normalized spacial score (nSPS) is 13.8. The summed E-state index contributed by atoms with van der Waals surface area (Å²) in [6, 6.07) is 0. The highest BCUT2D eigenvalue weighted by molar-refractivity contribution is 7.47. The summed E-state index contributed by atoms with van der Waals surface area (Å²) in [5, 5.41) is 0. The van der Waals surface area contributed by atoms with Crippen LogP contribution in [0, 0.1) is 0 Å². The summed E-state index contributed by atoms with van der Waals surface area (Å²) in [5.41, 5.74) is 0. The fraction of sp³-hybridized carbons (Fsp3) is 0.778. The SMILES string of the molecule is CCCCC/C=C\C/C=C\CCCCCCCCCCCC(=O)OC(COC(=O)CCCCCCC/C=C\C/C=C\CCCCC)COP(=O)(O)OCC. The third kappa shape index (κ3) is 39.7. The number of phosphoric ester groups is 1. The smallest absolute Gasteiger partial charge is 0.462 e. The Kier molecular flexibility index (Phi) is 39.2. The number of hydrogen-bond acceptors (Lipinski definition) is 7. The van der Waals surface area contributed by atoms with Crippen LogP contribution in [0.3, 0.4) is 0 Å². The molecule has 0 spiro atoms. The van der Waals surface area contributed by atoms with Crippen LogP contribution in [0.15, 0.2) is 48.6 Å². The highest BCUT2D eigenvalue weighted by Gasteiger charge is 2.25. The third-order valence-electron chi connectivity index (χ3n) is 9.11. The predicted octanol–water partition coefficient (Wildman–Crippen LogP) is 13.8. The second-order valence-electron chi connectivity index (χ2n) is 14.4. The van der Waals surface area contributed by atoms with Gasteiger partial charge in [-0.25, -0.2) is 4.57 Å². The zero-order valence-corrected chi connectivity index (χ0v) is 35.8. The molecule has 0 aliphatic carbocycles. The first-order valence-corrected chi connectivity index (χ1v) is 23.4. The minimum atomic E-state index is -4.29. The first kappa shape index (κ1) is 52.0. The van der Waals surface area contributed by atoms with E-state index in [1.54, 1.807) is 6.92 Å². The number of hydrogen-bond donors (Lipinski definition) is 1. The monoisotopic (exact) mass is 781 g/mol. The molecular formula is C45H81O8P. The summed E-state index contributed by atoms with van der Waals surface area (Å²) in [7, 11) is -4.29. The molecule has 0 radical (unpaired) electrons. The van der Waals surface area contributed by atoms with Gasteiger partial charge in [0, 0.05) is 12.8 Å². The van der Waals surface area contributed by atoms with Crippen LogP contribution in [0.1, 0.15) is 201 Å². The predicted molar refractivity (Wildman–Crippen MR) is 225 cm³/mol. The number of rotatable bonds is 40. The zero-order valence-electron chi connectivity index (χ0n) is 34.9. The van der Waals surface area contributed by atoms with E-state index < -0.39 is 26.5 Å². The fourth-order valence-corrected chi connectivity index (χ4v) is 6.62. The molecule has 0 aliphatic heterocycles. The molecule has 0 bridgehead atoms. The van der Waals surface area contributed by atoms with E-state index in [1.165, 1.54) is 83.5 Å². The summed E-state index contributed by atoms with van der Waals surface area (Å²) in [6.07, 6.45) is 47.3. The zero-order chi connectivity index (χ0) is 39.6. The van der Waals surface area contributed by atoms with Gasteiger partial charge in [-0.15, -0.1) is 0 Å². The van der Waals surface area contributed by atoms with Gasteiger partial charge in [0.1, 0.15) is 6.61 Å². The van der Waals surface area contributed by atoms with Gasteiger partial charge in [0.25, 0.3) is 0 Å². The van der Waals surface area contributed by atoms with Crippen LogP contribution in [0.5, 0.6) is 0 Å². The summed E-state index contributed by atoms with van der Waals surface area (Å²) in [6.45, 7) is 5.41. The highest BCUT2D eigenvalue weighted by Crippen LogP contribution is 2.43. The molecule has 8 nitrogen and oxygen atoms in total. The Bertz CT molecular complexity index is 1020. The minimum absolute atomic E-state index is 0.00403. The Labute approximate surface area is 331 Å². The molecule has 0 aromatic carbocycles. The third-order valence-corrected chi connectivity index (χ3v) is 10.2. The van der Waals surface area contributed by atoms with Crippen molar-refractivity contribution in [1.29, 1.82) is 0 Å². The Morgan fingerprint density at radius 3 is 1.31 bits per heavy atom. The van der Waals surface area contributed by atoms with E-state index in [-0.39, 0.29) is 32.0 Å². The standard InChI is InChI=1S/C45H81O8P/c1-4-7-9-11-13-15-17-19-21-22-23-24-26-28-30-32-34-36-38-40-45(47)53-43(42-52-54(48,49)51-6-3)41-50-44(46)39-37-35-33-31-29-27-25-20-18-16-14-12-10-8-5-2/h13-16,19-21,25,43H,4-12,17-18,22-24,26-42H2,1-3H3,(H,48,49)/b15-13-,16-14-,21-19-,25-20-. The second kappa shape index (κ2) is 40.7. The van der Waals surface area contributed by atoms with E-state index >= 15 is 0 Å². The molecule has 314 valence electrons. The number of unbranched alkanes of at least 4 members (excludes halogenated alkanes) is 20. The number of esters is 2. The van der Waals surface area contributed by atoms with Gasteiger partial charge in [0.2, 0.25) is 0 Å². The average Bonchev–Trinajstić information content (AvgIpc) is 3.15. The first-order valence-electron chi connectivity index (χ1n) is 21.9. The Balaban J connectivity index is 4.10. The van der Waals surface area contributed by atoms with E-state index in [9.17, 15) is 19.0 Å². The van der Waals surface area contributed by atoms with E-state index in [4.69, 9.17) is 18.5 Å². The fourth-order valence-electron chi connectivity index (χ4n) is 5.87. The van der Waals surface area contributed by atoms with Crippen LogP contribution >= 0.6 is 7.82 Å². The lowest BCUT2D eigenvalue weighted by atomic mass is 10.1. The second-order valence-corrected chi connectivity index (χ2v) is 15.8. The van der Waals surface area contributed by atoms with E-state index in [1.807, 2.05) is 0 Å². The van der Waals surface area contributed by atoms with Crippen molar-refractivity contribution >= 4 is 19.8 Å². The van der Waals surface area contributed by atoms with Gasteiger partial charge in [-0.3, -0.25) is 18.6 Å². The van der Waals surface area contributed by atoms with Crippen LogP contribution in [0.2, 0.25) is 0 Å². The first-order chi connectivity index (χ1) is 26.3. The molecule has 0 aromatic rings. The topological polar surface area (TPSA) is 108 Å². The average molecular weight is 781 g/mol. The van der Waals surface area contributed by atoms with E-state index in [0.29, 0.717) is 6.42 Å². The van der Waals surface area contributed by atoms with Gasteiger partial charge < -0.3 is 14.4 Å². The molecule has 0 saturated carbocycles. The largest absolute Gasteiger partial charge is 0.472 e. The maximum Gasteiger partial charge on any atom is 0.472 e. The Morgan fingerprint density at radius 1 is 0.500 bits per heavy atom. The van der Waals surface area contributed by atoms with Crippen LogP contribution in [-0.4, -0.2) is 42.8 Å². The number of carbonyl (C=O) groups is 2. The number of carbonyl (C=O) groups excluding carboxylic acids is 2. The van der Waals surface area contributed by atoms with Crippen molar-refractivity contribution in [3.63, 3.8) is 0 Å². The number of ether oxygens (including phenoxy) is 2. The van der Waals surface area contributed by atoms with Crippen LogP contribution in [-0.2, 0) is 32.7 Å². The molecule has 0 saturated heterocycles. The molecule has 1 N–H and O–H groups in total. The van der Waals surface area contributed by atoms with E-state index in [2.05, 4.69) is 62.5 Å². The van der Waals surface area contributed by atoms with Gasteiger partial charge in [-0.2, -0.15) is 0 Å². The van der Waals surface area contributed by atoms with Gasteiger partial charge in [0.05, 0.1) is 13.2 Å². The van der Waals surface area contributed by atoms with Crippen molar-refractivity contribution in [2.75, 3.05) is 19.8 Å².